The summed E-state index contributed by atoms with van der Waals surface area (Å²) in [5.41, 5.74) is 1.38. The predicted molar refractivity (Wildman–Crippen MR) is 93.6 cm³/mol. The van der Waals surface area contributed by atoms with Crippen molar-refractivity contribution in [2.75, 3.05) is 5.32 Å². The monoisotopic (exact) mass is 379 g/mol. The summed E-state index contributed by atoms with van der Waals surface area (Å²) in [5.74, 6) is -0.626. The van der Waals surface area contributed by atoms with Crippen LogP contribution < -0.4 is 10.6 Å². The molecule has 23 heavy (non-hydrogen) atoms. The van der Waals surface area contributed by atoms with E-state index in [2.05, 4.69) is 40.3 Å². The van der Waals surface area contributed by atoms with E-state index in [1.54, 1.807) is 18.2 Å². The summed E-state index contributed by atoms with van der Waals surface area (Å²) in [5, 5.41) is 4.66. The largest absolute Gasteiger partial charge is 0.330 e. The third-order valence-corrected chi connectivity index (χ3v) is 4.33. The molecule has 0 aliphatic carbocycles. The van der Waals surface area contributed by atoms with E-state index < -0.39 is 5.82 Å². The number of hydrogen-bond acceptors (Lipinski definition) is 1. The first-order valence-corrected chi connectivity index (χ1v) is 8.46. The summed E-state index contributed by atoms with van der Waals surface area (Å²) in [6, 6.07) is 14.2. The summed E-state index contributed by atoms with van der Waals surface area (Å²) in [4.78, 5) is 12.3. The summed E-state index contributed by atoms with van der Waals surface area (Å²) < 4.78 is 14.6. The van der Waals surface area contributed by atoms with Gasteiger partial charge in [0.05, 0.1) is 5.69 Å². The van der Waals surface area contributed by atoms with Gasteiger partial charge in [0, 0.05) is 16.5 Å². The molecule has 3 N–H and O–H groups in total. The van der Waals surface area contributed by atoms with E-state index in [9.17, 15) is 9.18 Å². The Bertz CT molecular complexity index is 660. The van der Waals surface area contributed by atoms with Gasteiger partial charge in [0.15, 0.2) is 6.04 Å². The molecule has 2 aromatic rings. The molecule has 1 amide bonds. The number of carbonyl (C=O) groups is 1. The van der Waals surface area contributed by atoms with Crippen molar-refractivity contribution in [3.8, 4) is 0 Å². The second kappa shape index (κ2) is 8.22. The van der Waals surface area contributed by atoms with E-state index >= 15 is 0 Å². The fraction of sp³-hybridized carbons (Fsp3) is 0.278. The lowest BCUT2D eigenvalue weighted by atomic mass is 10.0. The summed E-state index contributed by atoms with van der Waals surface area (Å²) in [6.07, 6.45) is 0.902. The molecule has 0 aliphatic heterocycles. The van der Waals surface area contributed by atoms with Crippen molar-refractivity contribution in [2.24, 2.45) is 0 Å². The van der Waals surface area contributed by atoms with Crippen LogP contribution in [0.5, 0.6) is 0 Å². The summed E-state index contributed by atoms with van der Waals surface area (Å²) in [7, 11) is 0. The fourth-order valence-corrected chi connectivity index (χ4v) is 2.70. The average Bonchev–Trinajstić information content (AvgIpc) is 2.55. The molecule has 3 nitrogen and oxygen atoms in total. The van der Waals surface area contributed by atoms with Gasteiger partial charge < -0.3 is 10.6 Å². The second-order valence-corrected chi connectivity index (χ2v) is 6.43. The zero-order valence-corrected chi connectivity index (χ0v) is 14.8. The molecule has 0 spiro atoms. The lowest BCUT2D eigenvalue weighted by Gasteiger charge is -2.19. The zero-order chi connectivity index (χ0) is 16.8. The molecule has 0 unspecified atom stereocenters. The Hall–Kier alpha value is -1.72. The van der Waals surface area contributed by atoms with Gasteiger partial charge in [-0.1, -0.05) is 47.1 Å². The molecule has 2 atom stereocenters. The minimum absolute atomic E-state index is 0.185. The molecular weight excluding hydrogens is 359 g/mol. The molecule has 0 saturated carbocycles. The lowest BCUT2D eigenvalue weighted by Crippen LogP contribution is -2.92. The first kappa shape index (κ1) is 17.6. The molecule has 0 fully saturated rings. The number of amides is 1. The molecule has 0 aromatic heterocycles. The van der Waals surface area contributed by atoms with Gasteiger partial charge in [-0.05, 0) is 31.2 Å². The van der Waals surface area contributed by atoms with Gasteiger partial charge in [0.1, 0.15) is 11.9 Å². The number of hydrogen-bond donors (Lipinski definition) is 2. The van der Waals surface area contributed by atoms with Crippen molar-refractivity contribution in [3.63, 3.8) is 0 Å². The smallest absolute Gasteiger partial charge is 0.282 e. The van der Waals surface area contributed by atoms with Gasteiger partial charge in [-0.15, -0.1) is 0 Å². The van der Waals surface area contributed by atoms with Gasteiger partial charge in [-0.2, -0.15) is 0 Å². The molecule has 0 radical (unpaired) electrons. The molecule has 0 aliphatic rings. The van der Waals surface area contributed by atoms with Crippen LogP contribution in [0.15, 0.2) is 53.0 Å². The Balaban J connectivity index is 2.01. The predicted octanol–water partition coefficient (Wildman–Crippen LogP) is 3.63. The zero-order valence-electron chi connectivity index (χ0n) is 13.2. The van der Waals surface area contributed by atoms with E-state index in [4.69, 9.17) is 0 Å². The van der Waals surface area contributed by atoms with Gasteiger partial charge in [0.2, 0.25) is 0 Å². The number of nitrogens with one attached hydrogen (secondary N) is 1. The van der Waals surface area contributed by atoms with Crippen LogP contribution in [-0.2, 0) is 4.79 Å². The van der Waals surface area contributed by atoms with Crippen LogP contribution >= 0.6 is 15.9 Å². The minimum atomic E-state index is -0.423. The van der Waals surface area contributed by atoms with Crippen molar-refractivity contribution >= 4 is 27.5 Å². The Kier molecular flexibility index (Phi) is 6.30. The Morgan fingerprint density at radius 1 is 1.22 bits per heavy atom. The van der Waals surface area contributed by atoms with Crippen LogP contribution in [0, 0.1) is 5.82 Å². The number of quaternary nitrogens is 1. The van der Waals surface area contributed by atoms with Crippen LogP contribution in [0.4, 0.5) is 10.1 Å². The third kappa shape index (κ3) is 4.88. The first-order chi connectivity index (χ1) is 11.0. The molecule has 122 valence electrons. The van der Waals surface area contributed by atoms with Gasteiger partial charge >= 0.3 is 0 Å². The van der Waals surface area contributed by atoms with Crippen LogP contribution in [0.3, 0.4) is 0 Å². The quantitative estimate of drug-likeness (QED) is 0.790. The topological polar surface area (TPSA) is 45.7 Å². The standard InChI is InChI=1S/C18H20BrFN2O/c1-3-16(13-8-10-14(19)11-9-13)21-12(2)18(23)22-17-7-5-4-6-15(17)20/h4-12,16,21H,3H2,1-2H3,(H,22,23)/p+1/t12-,16+/m0/s1. The fourth-order valence-electron chi connectivity index (χ4n) is 2.44. The highest BCUT2D eigenvalue weighted by atomic mass is 79.9. The van der Waals surface area contributed by atoms with Crippen molar-refractivity contribution in [2.45, 2.75) is 32.4 Å². The number of anilines is 1. The normalized spacial score (nSPS) is 13.4. The van der Waals surface area contributed by atoms with E-state index in [1.807, 2.05) is 24.4 Å². The van der Waals surface area contributed by atoms with E-state index in [0.717, 1.165) is 10.9 Å². The van der Waals surface area contributed by atoms with E-state index in [1.165, 1.54) is 11.6 Å². The molecule has 2 rings (SSSR count). The number of carbonyl (C=O) groups excluding carboxylic acids is 1. The van der Waals surface area contributed by atoms with Gasteiger partial charge in [0.25, 0.3) is 5.91 Å². The first-order valence-electron chi connectivity index (χ1n) is 7.67. The average molecular weight is 380 g/mol. The molecule has 5 heteroatoms. The number of benzene rings is 2. The van der Waals surface area contributed by atoms with Crippen LogP contribution in [0.25, 0.3) is 0 Å². The van der Waals surface area contributed by atoms with Gasteiger partial charge in [-0.3, -0.25) is 4.79 Å². The third-order valence-electron chi connectivity index (χ3n) is 3.80. The molecule has 0 heterocycles. The van der Waals surface area contributed by atoms with Crippen molar-refractivity contribution < 1.29 is 14.5 Å². The number of halogens is 2. The number of para-hydroxylation sites is 1. The Labute approximate surface area is 144 Å². The summed E-state index contributed by atoms with van der Waals surface area (Å²) in [6.45, 7) is 3.92. The maximum absolute atomic E-state index is 13.6. The Morgan fingerprint density at radius 3 is 2.48 bits per heavy atom. The van der Waals surface area contributed by atoms with Crippen molar-refractivity contribution in [1.29, 1.82) is 0 Å². The van der Waals surface area contributed by atoms with Crippen LogP contribution in [0.1, 0.15) is 31.9 Å². The van der Waals surface area contributed by atoms with Gasteiger partial charge in [-0.25, -0.2) is 4.39 Å². The van der Waals surface area contributed by atoms with Crippen molar-refractivity contribution in [3.05, 3.63) is 64.4 Å². The second-order valence-electron chi connectivity index (χ2n) is 5.52. The minimum Gasteiger partial charge on any atom is -0.330 e. The molecule has 0 bridgehead atoms. The highest BCUT2D eigenvalue weighted by Gasteiger charge is 2.22. The van der Waals surface area contributed by atoms with Crippen LogP contribution in [-0.4, -0.2) is 11.9 Å². The highest BCUT2D eigenvalue weighted by molar-refractivity contribution is 9.10. The maximum Gasteiger partial charge on any atom is 0.282 e. The number of nitrogens with two attached hydrogens (primary N) is 1. The SMILES string of the molecule is CC[C@@H]([NH2+][C@@H](C)C(=O)Nc1ccccc1F)c1ccc(Br)cc1. The number of rotatable bonds is 6. The van der Waals surface area contributed by atoms with Crippen LogP contribution in [0.2, 0.25) is 0 Å². The van der Waals surface area contributed by atoms with Crippen molar-refractivity contribution in [1.82, 2.24) is 0 Å². The van der Waals surface area contributed by atoms with E-state index in [0.29, 0.717) is 0 Å². The lowest BCUT2D eigenvalue weighted by molar-refractivity contribution is -0.713. The highest BCUT2D eigenvalue weighted by Crippen LogP contribution is 2.17. The molecular formula is C18H21BrFN2O+. The maximum atomic E-state index is 13.6. The molecule has 0 saturated heterocycles. The Morgan fingerprint density at radius 2 is 1.87 bits per heavy atom. The summed E-state index contributed by atoms with van der Waals surface area (Å²) >= 11 is 3.42. The van der Waals surface area contributed by atoms with E-state index in [-0.39, 0.29) is 23.7 Å². The molecule has 2 aromatic carbocycles.